The smallest absolute Gasteiger partial charge is 0.310 e. The van der Waals surface area contributed by atoms with Gasteiger partial charge in [-0.25, -0.2) is 0 Å². The molecule has 1 heterocycles. The van der Waals surface area contributed by atoms with Crippen molar-refractivity contribution in [3.05, 3.63) is 21.9 Å². The zero-order chi connectivity index (χ0) is 15.6. The van der Waals surface area contributed by atoms with Crippen LogP contribution in [0.5, 0.6) is 0 Å². The van der Waals surface area contributed by atoms with Gasteiger partial charge in [-0.05, 0) is 49.1 Å². The average molecular weight is 309 g/mol. The van der Waals surface area contributed by atoms with E-state index in [0.717, 1.165) is 19.3 Å². The number of carbonyl (C=O) groups is 2. The van der Waals surface area contributed by atoms with Crippen LogP contribution in [0.1, 0.15) is 56.5 Å². The maximum absolute atomic E-state index is 12.3. The second kappa shape index (κ2) is 6.18. The summed E-state index contributed by atoms with van der Waals surface area (Å²) in [6, 6.07) is 2.11. The molecule has 21 heavy (non-hydrogen) atoms. The van der Waals surface area contributed by atoms with Crippen LogP contribution in [-0.4, -0.2) is 17.0 Å². The van der Waals surface area contributed by atoms with Crippen molar-refractivity contribution < 1.29 is 14.7 Å². The van der Waals surface area contributed by atoms with Gasteiger partial charge >= 0.3 is 5.97 Å². The minimum absolute atomic E-state index is 0.0238. The minimum atomic E-state index is -1.02. The Balaban J connectivity index is 2.05. The second-order valence-electron chi connectivity index (χ2n) is 6.37. The van der Waals surface area contributed by atoms with Gasteiger partial charge in [0.1, 0.15) is 0 Å². The van der Waals surface area contributed by atoms with E-state index < -0.39 is 11.4 Å². The van der Waals surface area contributed by atoms with Crippen LogP contribution in [-0.2, 0) is 16.0 Å². The number of carboxylic acid groups (broad SMARTS) is 1. The van der Waals surface area contributed by atoms with Crippen LogP contribution in [0.3, 0.4) is 0 Å². The third-order valence-corrected chi connectivity index (χ3v) is 5.67. The first kappa shape index (κ1) is 16.0. The van der Waals surface area contributed by atoms with Crippen LogP contribution in [0, 0.1) is 11.3 Å². The highest BCUT2D eigenvalue weighted by atomic mass is 32.1. The number of rotatable bonds is 5. The summed E-state index contributed by atoms with van der Waals surface area (Å²) in [5.41, 5.74) is 0.192. The van der Waals surface area contributed by atoms with Crippen molar-refractivity contribution in [3.8, 4) is 0 Å². The molecule has 0 saturated heterocycles. The Hall–Kier alpha value is -1.36. The predicted octanol–water partition coefficient (Wildman–Crippen LogP) is 3.38. The molecule has 2 atom stereocenters. The van der Waals surface area contributed by atoms with Crippen molar-refractivity contribution in [3.63, 3.8) is 0 Å². The fraction of sp³-hybridized carbons (Fsp3) is 0.625. The normalized spacial score (nSPS) is 20.7. The van der Waals surface area contributed by atoms with Gasteiger partial charge in [-0.1, -0.05) is 13.8 Å². The highest BCUT2D eigenvalue weighted by Gasteiger charge is 2.39. The number of hydrogen-bond acceptors (Lipinski definition) is 3. The van der Waals surface area contributed by atoms with Crippen LogP contribution in [0.25, 0.3) is 0 Å². The van der Waals surface area contributed by atoms with Gasteiger partial charge in [-0.15, -0.1) is 11.3 Å². The fourth-order valence-corrected chi connectivity index (χ4v) is 3.73. The molecule has 116 valence electrons. The lowest BCUT2D eigenvalue weighted by Gasteiger charge is -2.30. The Kier molecular flexibility index (Phi) is 4.71. The van der Waals surface area contributed by atoms with Gasteiger partial charge in [0.15, 0.2) is 0 Å². The molecular formula is C16H23NO3S. The van der Waals surface area contributed by atoms with Crippen LogP contribution >= 0.6 is 11.3 Å². The molecule has 0 spiro atoms. The molecule has 0 aromatic carbocycles. The Bertz CT molecular complexity index is 537. The molecule has 1 aliphatic rings. The monoisotopic (exact) mass is 309 g/mol. The van der Waals surface area contributed by atoms with Crippen molar-refractivity contribution >= 4 is 23.2 Å². The molecule has 2 unspecified atom stereocenters. The first-order chi connectivity index (χ1) is 9.84. The lowest BCUT2D eigenvalue weighted by Crippen LogP contribution is -2.40. The largest absolute Gasteiger partial charge is 0.481 e. The molecule has 2 N–H and O–H groups in total. The molecule has 0 bridgehead atoms. The minimum Gasteiger partial charge on any atom is -0.481 e. The molecule has 1 amide bonds. The van der Waals surface area contributed by atoms with E-state index in [0.29, 0.717) is 0 Å². The third-order valence-electron chi connectivity index (χ3n) is 4.68. The zero-order valence-electron chi connectivity index (χ0n) is 12.8. The van der Waals surface area contributed by atoms with E-state index in [1.54, 1.807) is 18.3 Å². The van der Waals surface area contributed by atoms with E-state index in [9.17, 15) is 14.7 Å². The van der Waals surface area contributed by atoms with Gasteiger partial charge in [-0.3, -0.25) is 9.59 Å². The van der Waals surface area contributed by atoms with E-state index in [4.69, 9.17) is 0 Å². The standard InChI is InChI=1S/C16H23NO3S/c1-10(2)16(3,15(19)20)9-14(18)17-12-5-4-6-13-11(12)7-8-21-13/h7-8,10,12H,4-6,9H2,1-3H3,(H,17,18)(H,19,20). The molecule has 0 radical (unpaired) electrons. The molecule has 1 aromatic rings. The summed E-state index contributed by atoms with van der Waals surface area (Å²) in [5.74, 6) is -1.17. The molecule has 0 fully saturated rings. The predicted molar refractivity (Wildman–Crippen MR) is 83.3 cm³/mol. The summed E-state index contributed by atoms with van der Waals surface area (Å²) >= 11 is 1.73. The van der Waals surface area contributed by atoms with E-state index >= 15 is 0 Å². The van der Waals surface area contributed by atoms with Crippen LogP contribution in [0.15, 0.2) is 11.4 Å². The number of amides is 1. The van der Waals surface area contributed by atoms with Gasteiger partial charge < -0.3 is 10.4 Å². The summed E-state index contributed by atoms with van der Waals surface area (Å²) in [6.07, 6.45) is 3.11. The first-order valence-corrected chi connectivity index (χ1v) is 8.31. The molecule has 5 heteroatoms. The highest BCUT2D eigenvalue weighted by Crippen LogP contribution is 2.35. The molecular weight excluding hydrogens is 286 g/mol. The van der Waals surface area contributed by atoms with Crippen molar-refractivity contribution in [2.45, 2.75) is 52.5 Å². The van der Waals surface area contributed by atoms with Gasteiger partial charge in [0.2, 0.25) is 5.91 Å². The lowest BCUT2D eigenvalue weighted by atomic mass is 9.76. The van der Waals surface area contributed by atoms with Crippen LogP contribution in [0.4, 0.5) is 0 Å². The van der Waals surface area contributed by atoms with Crippen molar-refractivity contribution in [1.29, 1.82) is 0 Å². The first-order valence-electron chi connectivity index (χ1n) is 7.43. The molecule has 0 saturated carbocycles. The Labute approximate surface area is 129 Å². The highest BCUT2D eigenvalue weighted by molar-refractivity contribution is 7.10. The molecule has 1 aromatic heterocycles. The summed E-state index contributed by atoms with van der Waals surface area (Å²) < 4.78 is 0. The topological polar surface area (TPSA) is 66.4 Å². The molecule has 4 nitrogen and oxygen atoms in total. The maximum Gasteiger partial charge on any atom is 0.310 e. The quantitative estimate of drug-likeness (QED) is 0.876. The summed E-state index contributed by atoms with van der Waals surface area (Å²) in [5, 5.41) is 14.5. The Morgan fingerprint density at radius 2 is 2.24 bits per heavy atom. The van der Waals surface area contributed by atoms with Gasteiger partial charge in [0, 0.05) is 11.3 Å². The van der Waals surface area contributed by atoms with Crippen LogP contribution < -0.4 is 5.32 Å². The SMILES string of the molecule is CC(C)C(C)(CC(=O)NC1CCCc2sccc21)C(=O)O. The second-order valence-corrected chi connectivity index (χ2v) is 7.37. The Morgan fingerprint density at radius 1 is 1.52 bits per heavy atom. The molecule has 2 rings (SSSR count). The third kappa shape index (κ3) is 3.28. The van der Waals surface area contributed by atoms with E-state index in [-0.39, 0.29) is 24.3 Å². The number of carbonyl (C=O) groups excluding carboxylic acids is 1. The summed E-state index contributed by atoms with van der Waals surface area (Å²) in [4.78, 5) is 25.1. The number of aliphatic carboxylic acids is 1. The van der Waals surface area contributed by atoms with Gasteiger partial charge in [0.25, 0.3) is 0 Å². The van der Waals surface area contributed by atoms with Crippen molar-refractivity contribution in [2.24, 2.45) is 11.3 Å². The number of carboxylic acids is 1. The number of thiophene rings is 1. The van der Waals surface area contributed by atoms with E-state index in [1.165, 1.54) is 10.4 Å². The van der Waals surface area contributed by atoms with Crippen molar-refractivity contribution in [2.75, 3.05) is 0 Å². The fourth-order valence-electron chi connectivity index (χ4n) is 2.74. The van der Waals surface area contributed by atoms with Gasteiger partial charge in [0.05, 0.1) is 11.5 Å². The molecule has 1 aliphatic carbocycles. The maximum atomic E-state index is 12.3. The number of hydrogen-bond donors (Lipinski definition) is 2. The summed E-state index contributed by atoms with van der Waals surface area (Å²) in [6.45, 7) is 5.34. The number of fused-ring (bicyclic) bond motifs is 1. The summed E-state index contributed by atoms with van der Waals surface area (Å²) in [7, 11) is 0. The van der Waals surface area contributed by atoms with Crippen LogP contribution in [0.2, 0.25) is 0 Å². The van der Waals surface area contributed by atoms with Crippen molar-refractivity contribution in [1.82, 2.24) is 5.32 Å². The number of aryl methyl sites for hydroxylation is 1. The molecule has 0 aliphatic heterocycles. The van der Waals surface area contributed by atoms with Gasteiger partial charge in [-0.2, -0.15) is 0 Å². The zero-order valence-corrected chi connectivity index (χ0v) is 13.6. The van der Waals surface area contributed by atoms with E-state index in [1.807, 2.05) is 13.8 Å². The number of nitrogens with one attached hydrogen (secondary N) is 1. The lowest BCUT2D eigenvalue weighted by molar-refractivity contribution is -0.153. The van der Waals surface area contributed by atoms with E-state index in [2.05, 4.69) is 16.8 Å². The Morgan fingerprint density at radius 3 is 2.86 bits per heavy atom. The average Bonchev–Trinajstić information content (AvgIpc) is 2.87.